The van der Waals surface area contributed by atoms with E-state index in [4.69, 9.17) is 0 Å². The standard InChI is InChI=1S/C23H21N5OS/c29-22(18-15-17(25-26-18)20-7-4-14-30-20)27-12-9-23(10-13-27)21-8-3-11-28(21)19-6-2-1-5-16(19)24-23/h1-8,11,14-15,24H,9-10,12-13H2,(H,25,26). The number of nitrogens with one attached hydrogen (secondary N) is 2. The van der Waals surface area contributed by atoms with Crippen molar-refractivity contribution < 1.29 is 4.79 Å². The first-order valence-corrected chi connectivity index (χ1v) is 11.1. The molecule has 30 heavy (non-hydrogen) atoms. The summed E-state index contributed by atoms with van der Waals surface area (Å²) in [7, 11) is 0. The van der Waals surface area contributed by atoms with E-state index in [1.165, 1.54) is 11.4 Å². The summed E-state index contributed by atoms with van der Waals surface area (Å²) >= 11 is 1.63. The molecule has 4 aromatic rings. The lowest BCUT2D eigenvalue weighted by atomic mass is 9.82. The van der Waals surface area contributed by atoms with Crippen LogP contribution in [0.2, 0.25) is 0 Å². The zero-order valence-electron chi connectivity index (χ0n) is 16.3. The van der Waals surface area contributed by atoms with Gasteiger partial charge in [-0.1, -0.05) is 18.2 Å². The molecular weight excluding hydrogens is 394 g/mol. The number of amides is 1. The number of para-hydroxylation sites is 2. The van der Waals surface area contributed by atoms with Gasteiger partial charge in [0.15, 0.2) is 5.69 Å². The molecule has 6 nitrogen and oxygen atoms in total. The van der Waals surface area contributed by atoms with Gasteiger partial charge in [0.1, 0.15) is 0 Å². The van der Waals surface area contributed by atoms with Crippen molar-refractivity contribution in [1.29, 1.82) is 0 Å². The van der Waals surface area contributed by atoms with E-state index in [9.17, 15) is 4.79 Å². The number of thiophene rings is 1. The van der Waals surface area contributed by atoms with Gasteiger partial charge in [-0.05, 0) is 54.6 Å². The minimum absolute atomic E-state index is 0.00417. The van der Waals surface area contributed by atoms with Gasteiger partial charge < -0.3 is 14.8 Å². The maximum absolute atomic E-state index is 13.1. The van der Waals surface area contributed by atoms with Gasteiger partial charge in [0, 0.05) is 25.0 Å². The van der Waals surface area contributed by atoms with Crippen molar-refractivity contribution >= 4 is 22.9 Å². The molecule has 1 saturated heterocycles. The number of anilines is 1. The SMILES string of the molecule is O=C(c1cc(-c2cccs2)[nH]n1)N1CCC2(CC1)Nc1ccccc1-n1cccc12. The number of aromatic amines is 1. The molecule has 2 aliphatic rings. The molecule has 7 heteroatoms. The van der Waals surface area contributed by atoms with Crippen LogP contribution in [0.15, 0.2) is 66.2 Å². The van der Waals surface area contributed by atoms with Crippen LogP contribution in [0.3, 0.4) is 0 Å². The van der Waals surface area contributed by atoms with Crippen LogP contribution in [0.4, 0.5) is 5.69 Å². The van der Waals surface area contributed by atoms with Crippen molar-refractivity contribution in [2.24, 2.45) is 0 Å². The van der Waals surface area contributed by atoms with Crippen LogP contribution in [0.1, 0.15) is 29.0 Å². The summed E-state index contributed by atoms with van der Waals surface area (Å²) in [6.45, 7) is 1.39. The number of hydrogen-bond acceptors (Lipinski definition) is 4. The molecule has 5 heterocycles. The highest BCUT2D eigenvalue weighted by Crippen LogP contribution is 2.43. The van der Waals surface area contributed by atoms with Gasteiger partial charge in [0.2, 0.25) is 0 Å². The third-order valence-electron chi connectivity index (χ3n) is 6.26. The Morgan fingerprint density at radius 2 is 1.93 bits per heavy atom. The highest BCUT2D eigenvalue weighted by Gasteiger charge is 2.42. The molecule has 0 bridgehead atoms. The summed E-state index contributed by atoms with van der Waals surface area (Å²) in [5.41, 5.74) is 4.83. The first kappa shape index (κ1) is 17.5. The number of likely N-dealkylation sites (tertiary alicyclic amines) is 1. The van der Waals surface area contributed by atoms with E-state index in [2.05, 4.69) is 62.7 Å². The quantitative estimate of drug-likeness (QED) is 0.507. The average molecular weight is 416 g/mol. The minimum Gasteiger partial charge on any atom is -0.372 e. The zero-order valence-corrected chi connectivity index (χ0v) is 17.2. The number of carbonyl (C=O) groups excluding carboxylic acids is 1. The lowest BCUT2D eigenvalue weighted by Crippen LogP contribution is -2.51. The molecule has 0 saturated carbocycles. The fraction of sp³-hybridized carbons (Fsp3) is 0.217. The monoisotopic (exact) mass is 415 g/mol. The molecule has 6 rings (SSSR count). The predicted molar refractivity (Wildman–Crippen MR) is 118 cm³/mol. The lowest BCUT2D eigenvalue weighted by Gasteiger charge is -2.46. The number of piperidine rings is 1. The van der Waals surface area contributed by atoms with Crippen LogP contribution < -0.4 is 5.32 Å². The van der Waals surface area contributed by atoms with Gasteiger partial charge in [-0.3, -0.25) is 9.89 Å². The summed E-state index contributed by atoms with van der Waals surface area (Å²) in [4.78, 5) is 16.1. The zero-order chi connectivity index (χ0) is 20.1. The van der Waals surface area contributed by atoms with E-state index in [0.717, 1.165) is 29.1 Å². The van der Waals surface area contributed by atoms with Gasteiger partial charge in [0.05, 0.1) is 27.5 Å². The Balaban J connectivity index is 1.23. The van der Waals surface area contributed by atoms with E-state index in [0.29, 0.717) is 18.8 Å². The van der Waals surface area contributed by atoms with E-state index in [-0.39, 0.29) is 11.4 Å². The Morgan fingerprint density at radius 3 is 2.77 bits per heavy atom. The normalized spacial score (nSPS) is 16.7. The second kappa shape index (κ2) is 6.60. The second-order valence-corrected chi connectivity index (χ2v) is 8.87. The van der Waals surface area contributed by atoms with Crippen molar-refractivity contribution in [3.8, 4) is 16.3 Å². The van der Waals surface area contributed by atoms with Crippen LogP contribution >= 0.6 is 11.3 Å². The number of aromatic nitrogens is 3. The second-order valence-electron chi connectivity index (χ2n) is 7.92. The first-order valence-electron chi connectivity index (χ1n) is 10.2. The third kappa shape index (κ3) is 2.62. The van der Waals surface area contributed by atoms with E-state index in [1.54, 1.807) is 11.3 Å². The number of nitrogens with zero attached hydrogens (tertiary/aromatic N) is 3. The molecule has 150 valence electrons. The Morgan fingerprint density at radius 1 is 1.07 bits per heavy atom. The van der Waals surface area contributed by atoms with Crippen LogP contribution in [0, 0.1) is 0 Å². The molecule has 0 unspecified atom stereocenters. The number of carbonyl (C=O) groups is 1. The average Bonchev–Trinajstić information content (AvgIpc) is 3.55. The fourth-order valence-electron chi connectivity index (χ4n) is 4.72. The number of fused-ring (bicyclic) bond motifs is 4. The Labute approximate surface area is 178 Å². The summed E-state index contributed by atoms with van der Waals surface area (Å²) < 4.78 is 2.28. The first-order chi connectivity index (χ1) is 14.7. The van der Waals surface area contributed by atoms with Gasteiger partial charge >= 0.3 is 0 Å². The molecular formula is C23H21N5OS. The number of rotatable bonds is 2. The summed E-state index contributed by atoms with van der Waals surface area (Å²) in [5, 5.41) is 13.1. The van der Waals surface area contributed by atoms with Crippen molar-refractivity contribution in [2.75, 3.05) is 18.4 Å². The Kier molecular flexibility index (Phi) is 3.86. The van der Waals surface area contributed by atoms with Crippen LogP contribution in [-0.4, -0.2) is 38.7 Å². The molecule has 0 atom stereocenters. The summed E-state index contributed by atoms with van der Waals surface area (Å²) in [5.74, 6) is -0.00417. The molecule has 1 amide bonds. The van der Waals surface area contributed by atoms with E-state index in [1.807, 2.05) is 28.5 Å². The smallest absolute Gasteiger partial charge is 0.274 e. The molecule has 1 spiro atoms. The van der Waals surface area contributed by atoms with Crippen LogP contribution in [0.25, 0.3) is 16.3 Å². The number of H-pyrrole nitrogens is 1. The topological polar surface area (TPSA) is 66.0 Å². The Bertz CT molecular complexity index is 1210. The maximum atomic E-state index is 13.1. The molecule has 1 fully saturated rings. The van der Waals surface area contributed by atoms with Crippen LogP contribution in [0.5, 0.6) is 0 Å². The number of hydrogen-bond donors (Lipinski definition) is 2. The molecule has 2 aliphatic heterocycles. The molecule has 0 radical (unpaired) electrons. The lowest BCUT2D eigenvalue weighted by molar-refractivity contribution is 0.0670. The highest BCUT2D eigenvalue weighted by atomic mass is 32.1. The van der Waals surface area contributed by atoms with Gasteiger partial charge in [-0.2, -0.15) is 5.10 Å². The largest absolute Gasteiger partial charge is 0.372 e. The van der Waals surface area contributed by atoms with Gasteiger partial charge in [-0.25, -0.2) is 0 Å². The maximum Gasteiger partial charge on any atom is 0.274 e. The van der Waals surface area contributed by atoms with E-state index >= 15 is 0 Å². The molecule has 2 N–H and O–H groups in total. The molecule has 0 aliphatic carbocycles. The minimum atomic E-state index is -0.150. The van der Waals surface area contributed by atoms with Crippen molar-refractivity contribution in [2.45, 2.75) is 18.4 Å². The Hall–Kier alpha value is -3.32. The van der Waals surface area contributed by atoms with Crippen LogP contribution in [-0.2, 0) is 5.54 Å². The van der Waals surface area contributed by atoms with Crippen molar-refractivity contribution in [3.05, 3.63) is 77.6 Å². The van der Waals surface area contributed by atoms with Gasteiger partial charge in [-0.15, -0.1) is 11.3 Å². The van der Waals surface area contributed by atoms with E-state index < -0.39 is 0 Å². The highest BCUT2D eigenvalue weighted by molar-refractivity contribution is 7.13. The molecule has 3 aromatic heterocycles. The van der Waals surface area contributed by atoms with Gasteiger partial charge in [0.25, 0.3) is 5.91 Å². The van der Waals surface area contributed by atoms with Crippen molar-refractivity contribution in [1.82, 2.24) is 19.7 Å². The predicted octanol–water partition coefficient (Wildman–Crippen LogP) is 4.49. The summed E-state index contributed by atoms with van der Waals surface area (Å²) in [6, 6.07) is 18.6. The molecule has 1 aromatic carbocycles. The number of benzene rings is 1. The fourth-order valence-corrected chi connectivity index (χ4v) is 5.41. The third-order valence-corrected chi connectivity index (χ3v) is 7.17. The van der Waals surface area contributed by atoms with Crippen molar-refractivity contribution in [3.63, 3.8) is 0 Å². The summed E-state index contributed by atoms with van der Waals surface area (Å²) in [6.07, 6.45) is 3.85.